The lowest BCUT2D eigenvalue weighted by Crippen LogP contribution is -2.13. The maximum Gasteiger partial charge on any atom is 0.257 e. The number of hydrogen-bond donors (Lipinski definition) is 2. The standard InChI is InChI=1S/C12H8BrCl2N3O/c13-7-3-8(14)11(9(15)4-7)18-12(19)6-1-2-10(16)17-5-6/h1-5H,(H2,16,17)(H,18,19). The monoisotopic (exact) mass is 359 g/mol. The van der Waals surface area contributed by atoms with Gasteiger partial charge in [-0.2, -0.15) is 0 Å². The Morgan fingerprint density at radius 1 is 1.26 bits per heavy atom. The normalized spacial score (nSPS) is 10.3. The molecule has 2 aromatic rings. The molecule has 19 heavy (non-hydrogen) atoms. The first-order chi connectivity index (χ1) is 8.97. The van der Waals surface area contributed by atoms with Crippen molar-refractivity contribution >= 4 is 56.5 Å². The second-order valence-electron chi connectivity index (χ2n) is 3.67. The van der Waals surface area contributed by atoms with Crippen molar-refractivity contribution in [3.8, 4) is 0 Å². The molecule has 0 aliphatic heterocycles. The summed E-state index contributed by atoms with van der Waals surface area (Å²) in [6.45, 7) is 0. The van der Waals surface area contributed by atoms with Crippen molar-refractivity contribution in [2.24, 2.45) is 0 Å². The van der Waals surface area contributed by atoms with Gasteiger partial charge in [0, 0.05) is 10.7 Å². The van der Waals surface area contributed by atoms with Crippen molar-refractivity contribution in [1.82, 2.24) is 4.98 Å². The minimum atomic E-state index is -0.362. The summed E-state index contributed by atoms with van der Waals surface area (Å²) in [4.78, 5) is 15.8. The third kappa shape index (κ3) is 3.37. The fourth-order valence-corrected chi connectivity index (χ4v) is 2.69. The molecule has 1 heterocycles. The van der Waals surface area contributed by atoms with E-state index in [4.69, 9.17) is 28.9 Å². The number of carbonyl (C=O) groups excluding carboxylic acids is 1. The molecule has 1 amide bonds. The Hall–Kier alpha value is -1.30. The molecule has 0 atom stereocenters. The van der Waals surface area contributed by atoms with E-state index in [1.54, 1.807) is 24.3 Å². The molecule has 7 heteroatoms. The van der Waals surface area contributed by atoms with E-state index in [0.717, 1.165) is 4.47 Å². The number of hydrogen-bond acceptors (Lipinski definition) is 3. The van der Waals surface area contributed by atoms with E-state index in [-0.39, 0.29) is 5.91 Å². The SMILES string of the molecule is Nc1ccc(C(=O)Nc2c(Cl)cc(Br)cc2Cl)cn1. The minimum absolute atomic E-state index is 0.344. The number of nitrogens with zero attached hydrogens (tertiary/aromatic N) is 1. The first-order valence-electron chi connectivity index (χ1n) is 5.15. The van der Waals surface area contributed by atoms with Crippen LogP contribution < -0.4 is 11.1 Å². The third-order valence-electron chi connectivity index (χ3n) is 2.29. The Kier molecular flexibility index (Phi) is 4.29. The second-order valence-corrected chi connectivity index (χ2v) is 5.40. The van der Waals surface area contributed by atoms with Crippen LogP contribution in [0.4, 0.5) is 11.5 Å². The van der Waals surface area contributed by atoms with Crippen molar-refractivity contribution in [2.75, 3.05) is 11.1 Å². The lowest BCUT2D eigenvalue weighted by Gasteiger charge is -2.09. The maximum absolute atomic E-state index is 12.0. The van der Waals surface area contributed by atoms with Gasteiger partial charge < -0.3 is 11.1 Å². The highest BCUT2D eigenvalue weighted by Gasteiger charge is 2.12. The molecule has 0 fully saturated rings. The molecule has 1 aromatic heterocycles. The molecule has 1 aromatic carbocycles. The van der Waals surface area contributed by atoms with Crippen LogP contribution in [0.25, 0.3) is 0 Å². The van der Waals surface area contributed by atoms with Gasteiger partial charge in [-0.05, 0) is 24.3 Å². The lowest BCUT2D eigenvalue weighted by atomic mass is 10.2. The van der Waals surface area contributed by atoms with Crippen LogP contribution in [-0.2, 0) is 0 Å². The molecule has 0 aliphatic carbocycles. The molecule has 0 unspecified atom stereocenters. The van der Waals surface area contributed by atoms with Gasteiger partial charge in [-0.15, -0.1) is 0 Å². The number of pyridine rings is 1. The molecular weight excluding hydrogens is 353 g/mol. The third-order valence-corrected chi connectivity index (χ3v) is 3.35. The Balaban J connectivity index is 2.26. The van der Waals surface area contributed by atoms with Gasteiger partial charge in [-0.1, -0.05) is 39.1 Å². The number of benzene rings is 1. The molecular formula is C12H8BrCl2N3O. The summed E-state index contributed by atoms with van der Waals surface area (Å²) in [6.07, 6.45) is 1.38. The van der Waals surface area contributed by atoms with Crippen LogP contribution in [0.5, 0.6) is 0 Å². The van der Waals surface area contributed by atoms with E-state index >= 15 is 0 Å². The van der Waals surface area contributed by atoms with Gasteiger partial charge in [0.05, 0.1) is 21.3 Å². The topological polar surface area (TPSA) is 68.0 Å². The first kappa shape index (κ1) is 14.1. The quantitative estimate of drug-likeness (QED) is 0.850. The largest absolute Gasteiger partial charge is 0.384 e. The predicted octanol–water partition coefficient (Wildman–Crippen LogP) is 3.99. The molecule has 98 valence electrons. The van der Waals surface area contributed by atoms with Crippen LogP contribution in [0.2, 0.25) is 10.0 Å². The average molecular weight is 361 g/mol. The summed E-state index contributed by atoms with van der Waals surface area (Å²) in [5.41, 5.74) is 6.17. The molecule has 3 N–H and O–H groups in total. The number of amides is 1. The van der Waals surface area contributed by atoms with Crippen molar-refractivity contribution in [2.45, 2.75) is 0 Å². The van der Waals surface area contributed by atoms with E-state index in [2.05, 4.69) is 26.2 Å². The van der Waals surface area contributed by atoms with Gasteiger partial charge in [0.15, 0.2) is 0 Å². The Labute approximate surface area is 128 Å². The molecule has 2 rings (SSSR count). The zero-order valence-corrected chi connectivity index (χ0v) is 12.6. The fourth-order valence-electron chi connectivity index (χ4n) is 1.39. The maximum atomic E-state index is 12.0. The van der Waals surface area contributed by atoms with Crippen LogP contribution in [-0.4, -0.2) is 10.9 Å². The lowest BCUT2D eigenvalue weighted by molar-refractivity contribution is 0.102. The van der Waals surface area contributed by atoms with Gasteiger partial charge in [-0.25, -0.2) is 4.98 Å². The Morgan fingerprint density at radius 3 is 2.42 bits per heavy atom. The summed E-state index contributed by atoms with van der Waals surface area (Å²) in [5, 5.41) is 3.32. The van der Waals surface area contributed by atoms with E-state index < -0.39 is 0 Å². The second kappa shape index (κ2) is 5.77. The van der Waals surface area contributed by atoms with E-state index in [0.29, 0.717) is 27.1 Å². The van der Waals surface area contributed by atoms with E-state index in [1.165, 1.54) is 6.20 Å². The molecule has 4 nitrogen and oxygen atoms in total. The number of rotatable bonds is 2. The van der Waals surface area contributed by atoms with Crippen LogP contribution in [0.1, 0.15) is 10.4 Å². The highest BCUT2D eigenvalue weighted by atomic mass is 79.9. The van der Waals surface area contributed by atoms with Gasteiger partial charge in [0.25, 0.3) is 5.91 Å². The highest BCUT2D eigenvalue weighted by Crippen LogP contribution is 2.34. The van der Waals surface area contributed by atoms with E-state index in [9.17, 15) is 4.79 Å². The van der Waals surface area contributed by atoms with Crippen molar-refractivity contribution < 1.29 is 4.79 Å². The number of anilines is 2. The fraction of sp³-hybridized carbons (Fsp3) is 0. The number of nitrogen functional groups attached to an aromatic ring is 1. The number of nitrogens with two attached hydrogens (primary N) is 1. The van der Waals surface area contributed by atoms with Crippen molar-refractivity contribution in [3.05, 3.63) is 50.5 Å². The molecule has 0 bridgehead atoms. The number of nitrogens with one attached hydrogen (secondary N) is 1. The first-order valence-corrected chi connectivity index (χ1v) is 6.69. The van der Waals surface area contributed by atoms with Gasteiger partial charge >= 0.3 is 0 Å². The van der Waals surface area contributed by atoms with E-state index in [1.807, 2.05) is 0 Å². The van der Waals surface area contributed by atoms with Crippen molar-refractivity contribution in [3.63, 3.8) is 0 Å². The molecule has 0 radical (unpaired) electrons. The summed E-state index contributed by atoms with van der Waals surface area (Å²) in [7, 11) is 0. The molecule has 0 spiro atoms. The predicted molar refractivity (Wildman–Crippen MR) is 80.8 cm³/mol. The Morgan fingerprint density at radius 2 is 1.89 bits per heavy atom. The van der Waals surface area contributed by atoms with Crippen LogP contribution in [0.15, 0.2) is 34.9 Å². The average Bonchev–Trinajstić information content (AvgIpc) is 2.34. The summed E-state index contributed by atoms with van der Waals surface area (Å²) in [6, 6.07) is 6.40. The highest BCUT2D eigenvalue weighted by molar-refractivity contribution is 9.10. The smallest absolute Gasteiger partial charge is 0.257 e. The Bertz CT molecular complexity index is 608. The minimum Gasteiger partial charge on any atom is -0.384 e. The number of carbonyl (C=O) groups is 1. The van der Waals surface area contributed by atoms with Crippen LogP contribution in [0, 0.1) is 0 Å². The van der Waals surface area contributed by atoms with Gasteiger partial charge in [0.2, 0.25) is 0 Å². The summed E-state index contributed by atoms with van der Waals surface area (Å²) >= 11 is 15.3. The van der Waals surface area contributed by atoms with Crippen molar-refractivity contribution in [1.29, 1.82) is 0 Å². The van der Waals surface area contributed by atoms with Gasteiger partial charge in [-0.3, -0.25) is 4.79 Å². The summed E-state index contributed by atoms with van der Waals surface area (Å²) < 4.78 is 0.731. The van der Waals surface area contributed by atoms with Gasteiger partial charge in [0.1, 0.15) is 5.82 Å². The number of halogens is 3. The number of aromatic nitrogens is 1. The zero-order valence-electron chi connectivity index (χ0n) is 9.45. The zero-order chi connectivity index (χ0) is 14.0. The molecule has 0 aliphatic rings. The summed E-state index contributed by atoms with van der Waals surface area (Å²) in [5.74, 6) is -0.0186. The molecule has 0 saturated carbocycles. The van der Waals surface area contributed by atoms with Crippen LogP contribution >= 0.6 is 39.1 Å². The van der Waals surface area contributed by atoms with Crippen LogP contribution in [0.3, 0.4) is 0 Å². The molecule has 0 saturated heterocycles.